The van der Waals surface area contributed by atoms with Crippen molar-refractivity contribution in [2.45, 2.75) is 25.3 Å². The van der Waals surface area contributed by atoms with E-state index in [1.807, 2.05) is 24.8 Å². The van der Waals surface area contributed by atoms with Crippen LogP contribution < -0.4 is 0 Å². The SMILES string of the molecule is CC(C)N(CCO)CC(Cl)C#N. The molecule has 70 valence electrons. The summed E-state index contributed by atoms with van der Waals surface area (Å²) < 4.78 is 0. The zero-order valence-electron chi connectivity index (χ0n) is 7.50. The maximum atomic E-state index is 8.70. The van der Waals surface area contributed by atoms with Gasteiger partial charge in [-0.15, -0.1) is 11.6 Å². The van der Waals surface area contributed by atoms with Gasteiger partial charge in [0, 0.05) is 19.1 Å². The van der Waals surface area contributed by atoms with Gasteiger partial charge in [0.2, 0.25) is 0 Å². The molecule has 0 aromatic carbocycles. The summed E-state index contributed by atoms with van der Waals surface area (Å²) in [6.45, 7) is 5.21. The van der Waals surface area contributed by atoms with Gasteiger partial charge in [-0.1, -0.05) is 0 Å². The number of hydrogen-bond donors (Lipinski definition) is 1. The average Bonchev–Trinajstić information content (AvgIpc) is 2.03. The van der Waals surface area contributed by atoms with Gasteiger partial charge in [-0.25, -0.2) is 0 Å². The average molecular weight is 191 g/mol. The predicted octanol–water partition coefficient (Wildman–Crippen LogP) is 0.820. The molecule has 0 spiro atoms. The van der Waals surface area contributed by atoms with Crippen LogP contribution in [0.1, 0.15) is 13.8 Å². The monoisotopic (exact) mass is 190 g/mol. The number of hydrogen-bond acceptors (Lipinski definition) is 3. The molecular formula is C8H15ClN2O. The molecule has 4 heteroatoms. The minimum Gasteiger partial charge on any atom is -0.395 e. The van der Waals surface area contributed by atoms with Gasteiger partial charge in [-0.2, -0.15) is 5.26 Å². The van der Waals surface area contributed by atoms with E-state index in [1.165, 1.54) is 0 Å². The van der Waals surface area contributed by atoms with Gasteiger partial charge in [0.1, 0.15) is 5.38 Å². The maximum Gasteiger partial charge on any atom is 0.133 e. The number of rotatable bonds is 5. The highest BCUT2D eigenvalue weighted by Gasteiger charge is 2.13. The van der Waals surface area contributed by atoms with Crippen LogP contribution in [-0.2, 0) is 0 Å². The highest BCUT2D eigenvalue weighted by Crippen LogP contribution is 2.03. The molecule has 0 aromatic rings. The van der Waals surface area contributed by atoms with Gasteiger partial charge in [0.15, 0.2) is 0 Å². The zero-order chi connectivity index (χ0) is 9.56. The van der Waals surface area contributed by atoms with Crippen LogP contribution in [0, 0.1) is 11.3 Å². The van der Waals surface area contributed by atoms with Crippen molar-refractivity contribution in [1.82, 2.24) is 4.90 Å². The van der Waals surface area contributed by atoms with Crippen LogP contribution in [0.5, 0.6) is 0 Å². The summed E-state index contributed by atoms with van der Waals surface area (Å²) in [5.74, 6) is 0. The smallest absolute Gasteiger partial charge is 0.133 e. The third-order valence-corrected chi connectivity index (χ3v) is 1.89. The fraction of sp³-hybridized carbons (Fsp3) is 0.875. The largest absolute Gasteiger partial charge is 0.395 e. The Labute approximate surface area is 78.5 Å². The number of alkyl halides is 1. The normalized spacial score (nSPS) is 13.4. The first-order valence-electron chi connectivity index (χ1n) is 4.00. The Bertz CT molecular complexity index is 156. The minimum absolute atomic E-state index is 0.104. The highest BCUT2D eigenvalue weighted by molar-refractivity contribution is 6.22. The second kappa shape index (κ2) is 6.24. The lowest BCUT2D eigenvalue weighted by atomic mass is 10.3. The Hall–Kier alpha value is -0.300. The second-order valence-corrected chi connectivity index (χ2v) is 3.44. The molecule has 0 bridgehead atoms. The molecule has 0 aliphatic heterocycles. The van der Waals surface area contributed by atoms with Crippen molar-refractivity contribution >= 4 is 11.6 Å². The van der Waals surface area contributed by atoms with Crippen molar-refractivity contribution < 1.29 is 5.11 Å². The lowest BCUT2D eigenvalue weighted by Crippen LogP contribution is -2.37. The van der Waals surface area contributed by atoms with E-state index in [2.05, 4.69) is 0 Å². The third kappa shape index (κ3) is 4.55. The molecule has 0 rings (SSSR count). The summed E-state index contributed by atoms with van der Waals surface area (Å²) in [6.07, 6.45) is 0. The summed E-state index contributed by atoms with van der Waals surface area (Å²) >= 11 is 5.66. The molecule has 0 aliphatic rings. The minimum atomic E-state index is -0.487. The molecule has 1 N–H and O–H groups in total. The molecule has 1 unspecified atom stereocenters. The van der Waals surface area contributed by atoms with Crippen molar-refractivity contribution in [2.75, 3.05) is 19.7 Å². The molecule has 0 aromatic heterocycles. The first kappa shape index (κ1) is 11.7. The van der Waals surface area contributed by atoms with Gasteiger partial charge in [0.25, 0.3) is 0 Å². The fourth-order valence-corrected chi connectivity index (χ4v) is 1.11. The van der Waals surface area contributed by atoms with Crippen LogP contribution in [0.3, 0.4) is 0 Å². The van der Waals surface area contributed by atoms with Crippen LogP contribution >= 0.6 is 11.6 Å². The Morgan fingerprint density at radius 2 is 2.17 bits per heavy atom. The number of nitriles is 1. The number of halogens is 1. The molecular weight excluding hydrogens is 176 g/mol. The standard InChI is InChI=1S/C8H15ClN2O/c1-7(2)11(3-4-12)6-8(9)5-10/h7-8,12H,3-4,6H2,1-2H3. The summed E-state index contributed by atoms with van der Waals surface area (Å²) in [6, 6.07) is 2.26. The van der Waals surface area contributed by atoms with Crippen LogP contribution in [-0.4, -0.2) is 41.1 Å². The van der Waals surface area contributed by atoms with Crippen molar-refractivity contribution in [3.8, 4) is 6.07 Å². The first-order chi connectivity index (χ1) is 5.61. The van der Waals surface area contributed by atoms with E-state index in [4.69, 9.17) is 22.0 Å². The van der Waals surface area contributed by atoms with E-state index < -0.39 is 5.38 Å². The van der Waals surface area contributed by atoms with Crippen LogP contribution in [0.4, 0.5) is 0 Å². The molecule has 3 nitrogen and oxygen atoms in total. The number of aliphatic hydroxyl groups excluding tert-OH is 1. The summed E-state index contributed by atoms with van der Waals surface area (Å²) in [5, 5.41) is 16.7. The summed E-state index contributed by atoms with van der Waals surface area (Å²) in [5.41, 5.74) is 0. The van der Waals surface area contributed by atoms with E-state index in [1.54, 1.807) is 0 Å². The quantitative estimate of drug-likeness (QED) is 0.653. The Kier molecular flexibility index (Phi) is 6.09. The molecule has 0 heterocycles. The molecule has 0 fully saturated rings. The van der Waals surface area contributed by atoms with Gasteiger partial charge in [-0.05, 0) is 13.8 Å². The summed E-state index contributed by atoms with van der Waals surface area (Å²) in [7, 11) is 0. The topological polar surface area (TPSA) is 47.3 Å². The number of nitrogens with zero attached hydrogens (tertiary/aromatic N) is 2. The van der Waals surface area contributed by atoms with Crippen LogP contribution in [0.15, 0.2) is 0 Å². The van der Waals surface area contributed by atoms with Gasteiger partial charge >= 0.3 is 0 Å². The van der Waals surface area contributed by atoms with Crippen molar-refractivity contribution in [1.29, 1.82) is 5.26 Å². The van der Waals surface area contributed by atoms with E-state index in [0.717, 1.165) is 0 Å². The molecule has 0 amide bonds. The van der Waals surface area contributed by atoms with Gasteiger partial charge in [-0.3, -0.25) is 4.90 Å². The Balaban J connectivity index is 3.88. The highest BCUT2D eigenvalue weighted by atomic mass is 35.5. The van der Waals surface area contributed by atoms with E-state index in [0.29, 0.717) is 19.1 Å². The lowest BCUT2D eigenvalue weighted by molar-refractivity contribution is 0.169. The van der Waals surface area contributed by atoms with Crippen LogP contribution in [0.2, 0.25) is 0 Å². The van der Waals surface area contributed by atoms with Crippen LogP contribution in [0.25, 0.3) is 0 Å². The first-order valence-corrected chi connectivity index (χ1v) is 4.44. The predicted molar refractivity (Wildman–Crippen MR) is 49.0 cm³/mol. The molecule has 0 saturated heterocycles. The third-order valence-electron chi connectivity index (χ3n) is 1.65. The van der Waals surface area contributed by atoms with Gasteiger partial charge < -0.3 is 5.11 Å². The van der Waals surface area contributed by atoms with E-state index in [9.17, 15) is 0 Å². The summed E-state index contributed by atoms with van der Waals surface area (Å²) in [4.78, 5) is 1.97. The van der Waals surface area contributed by atoms with Gasteiger partial charge in [0.05, 0.1) is 12.7 Å². The van der Waals surface area contributed by atoms with Crippen molar-refractivity contribution in [3.05, 3.63) is 0 Å². The number of aliphatic hydroxyl groups is 1. The van der Waals surface area contributed by atoms with Crippen molar-refractivity contribution in [2.24, 2.45) is 0 Å². The maximum absolute atomic E-state index is 8.70. The molecule has 12 heavy (non-hydrogen) atoms. The fourth-order valence-electron chi connectivity index (χ4n) is 0.935. The van der Waals surface area contributed by atoms with E-state index >= 15 is 0 Å². The molecule has 0 radical (unpaired) electrons. The molecule has 1 atom stereocenters. The second-order valence-electron chi connectivity index (χ2n) is 2.91. The Morgan fingerprint density at radius 3 is 2.50 bits per heavy atom. The van der Waals surface area contributed by atoms with Crippen molar-refractivity contribution in [3.63, 3.8) is 0 Å². The van der Waals surface area contributed by atoms with E-state index in [-0.39, 0.29) is 6.61 Å². The zero-order valence-corrected chi connectivity index (χ0v) is 8.25. The lowest BCUT2D eigenvalue weighted by Gasteiger charge is -2.25. The molecule has 0 saturated carbocycles. The molecule has 0 aliphatic carbocycles. The Morgan fingerprint density at radius 1 is 1.58 bits per heavy atom.